The summed E-state index contributed by atoms with van der Waals surface area (Å²) in [7, 11) is 0. The second-order valence-electron chi connectivity index (χ2n) is 3.13. The van der Waals surface area contributed by atoms with Crippen molar-refractivity contribution < 1.29 is 5.11 Å². The van der Waals surface area contributed by atoms with E-state index in [0.717, 1.165) is 18.8 Å². The molecule has 0 heterocycles. The SMILES string of the molecule is C=CC(O)CCCC(C)C. The van der Waals surface area contributed by atoms with Crippen molar-refractivity contribution in [2.24, 2.45) is 5.92 Å². The first kappa shape index (κ1) is 9.70. The number of aliphatic hydroxyl groups excluding tert-OH is 1. The fraction of sp³-hybridized carbons (Fsp3) is 0.778. The van der Waals surface area contributed by atoms with E-state index in [1.807, 2.05) is 0 Å². The maximum absolute atomic E-state index is 9.05. The van der Waals surface area contributed by atoms with Crippen LogP contribution in [0.5, 0.6) is 0 Å². The Morgan fingerprint density at radius 3 is 2.40 bits per heavy atom. The van der Waals surface area contributed by atoms with Crippen LogP contribution in [-0.2, 0) is 0 Å². The molecule has 1 atom stereocenters. The molecule has 0 aliphatic carbocycles. The minimum atomic E-state index is -0.293. The smallest absolute Gasteiger partial charge is 0.0718 e. The summed E-state index contributed by atoms with van der Waals surface area (Å²) in [6.07, 6.45) is 4.47. The lowest BCUT2D eigenvalue weighted by Crippen LogP contribution is -2.01. The summed E-state index contributed by atoms with van der Waals surface area (Å²) in [5.41, 5.74) is 0. The molecule has 0 aliphatic heterocycles. The maximum Gasteiger partial charge on any atom is 0.0718 e. The van der Waals surface area contributed by atoms with Crippen molar-refractivity contribution in [2.45, 2.75) is 39.2 Å². The lowest BCUT2D eigenvalue weighted by molar-refractivity contribution is 0.206. The van der Waals surface area contributed by atoms with Crippen molar-refractivity contribution in [1.82, 2.24) is 0 Å². The minimum absolute atomic E-state index is 0.293. The summed E-state index contributed by atoms with van der Waals surface area (Å²) in [5.74, 6) is 0.747. The topological polar surface area (TPSA) is 20.2 Å². The molecule has 0 saturated heterocycles. The predicted octanol–water partition coefficient (Wildman–Crippen LogP) is 2.36. The number of hydrogen-bond donors (Lipinski definition) is 1. The third kappa shape index (κ3) is 5.83. The van der Waals surface area contributed by atoms with Gasteiger partial charge in [-0.15, -0.1) is 6.58 Å². The molecule has 1 nitrogen and oxygen atoms in total. The van der Waals surface area contributed by atoms with Crippen molar-refractivity contribution >= 4 is 0 Å². The molecule has 0 amide bonds. The van der Waals surface area contributed by atoms with E-state index in [0.29, 0.717) is 0 Å². The minimum Gasteiger partial charge on any atom is -0.389 e. The molecular weight excluding hydrogens is 124 g/mol. The van der Waals surface area contributed by atoms with E-state index in [-0.39, 0.29) is 6.10 Å². The van der Waals surface area contributed by atoms with Crippen LogP contribution in [0, 0.1) is 5.92 Å². The molecule has 0 rings (SSSR count). The Morgan fingerprint density at radius 1 is 1.40 bits per heavy atom. The maximum atomic E-state index is 9.05. The molecule has 0 aromatic carbocycles. The van der Waals surface area contributed by atoms with Crippen LogP contribution in [-0.4, -0.2) is 11.2 Å². The monoisotopic (exact) mass is 142 g/mol. The van der Waals surface area contributed by atoms with Crippen LogP contribution in [0.1, 0.15) is 33.1 Å². The van der Waals surface area contributed by atoms with Gasteiger partial charge >= 0.3 is 0 Å². The van der Waals surface area contributed by atoms with Gasteiger partial charge in [-0.1, -0.05) is 32.8 Å². The van der Waals surface area contributed by atoms with Crippen LogP contribution >= 0.6 is 0 Å². The predicted molar refractivity (Wildman–Crippen MR) is 44.9 cm³/mol. The Hall–Kier alpha value is -0.300. The number of aliphatic hydroxyl groups is 1. The van der Waals surface area contributed by atoms with Crippen LogP contribution in [0.25, 0.3) is 0 Å². The Labute approximate surface area is 63.8 Å². The molecular formula is C9H18O. The fourth-order valence-electron chi connectivity index (χ4n) is 0.853. The Balaban J connectivity index is 3.11. The van der Waals surface area contributed by atoms with Gasteiger partial charge in [0.25, 0.3) is 0 Å². The molecule has 0 spiro atoms. The van der Waals surface area contributed by atoms with Gasteiger partial charge in [0.05, 0.1) is 6.10 Å². The van der Waals surface area contributed by atoms with Crippen molar-refractivity contribution in [3.8, 4) is 0 Å². The lowest BCUT2D eigenvalue weighted by Gasteiger charge is -2.06. The zero-order valence-corrected chi connectivity index (χ0v) is 7.01. The van der Waals surface area contributed by atoms with E-state index in [9.17, 15) is 0 Å². The normalized spacial score (nSPS) is 13.6. The summed E-state index contributed by atoms with van der Waals surface area (Å²) in [6, 6.07) is 0. The largest absolute Gasteiger partial charge is 0.389 e. The third-order valence-electron chi connectivity index (χ3n) is 1.55. The molecule has 0 bridgehead atoms. The van der Waals surface area contributed by atoms with E-state index in [1.165, 1.54) is 6.42 Å². The van der Waals surface area contributed by atoms with E-state index in [1.54, 1.807) is 6.08 Å². The van der Waals surface area contributed by atoms with Crippen LogP contribution in [0.15, 0.2) is 12.7 Å². The van der Waals surface area contributed by atoms with Crippen LogP contribution in [0.2, 0.25) is 0 Å². The molecule has 1 heteroatoms. The van der Waals surface area contributed by atoms with Gasteiger partial charge in [0.2, 0.25) is 0 Å². The summed E-state index contributed by atoms with van der Waals surface area (Å²) < 4.78 is 0. The van der Waals surface area contributed by atoms with Gasteiger partial charge in [-0.25, -0.2) is 0 Å². The fourth-order valence-corrected chi connectivity index (χ4v) is 0.853. The molecule has 1 N–H and O–H groups in total. The summed E-state index contributed by atoms with van der Waals surface area (Å²) in [4.78, 5) is 0. The number of hydrogen-bond acceptors (Lipinski definition) is 1. The zero-order valence-electron chi connectivity index (χ0n) is 7.01. The summed E-state index contributed by atoms with van der Waals surface area (Å²) >= 11 is 0. The summed E-state index contributed by atoms with van der Waals surface area (Å²) in [5, 5.41) is 9.05. The Morgan fingerprint density at radius 2 is 2.00 bits per heavy atom. The summed E-state index contributed by atoms with van der Waals surface area (Å²) in [6.45, 7) is 7.90. The highest BCUT2D eigenvalue weighted by molar-refractivity contribution is 4.77. The average molecular weight is 142 g/mol. The molecule has 10 heavy (non-hydrogen) atoms. The molecule has 0 fully saturated rings. The van der Waals surface area contributed by atoms with Gasteiger partial charge < -0.3 is 5.11 Å². The highest BCUT2D eigenvalue weighted by Gasteiger charge is 1.98. The first-order valence-electron chi connectivity index (χ1n) is 3.97. The van der Waals surface area contributed by atoms with Crippen LogP contribution < -0.4 is 0 Å². The Bertz CT molecular complexity index is 86.7. The van der Waals surface area contributed by atoms with Crippen molar-refractivity contribution in [1.29, 1.82) is 0 Å². The molecule has 60 valence electrons. The molecule has 0 aromatic rings. The van der Waals surface area contributed by atoms with E-state index in [2.05, 4.69) is 20.4 Å². The standard InChI is InChI=1S/C9H18O/c1-4-9(10)7-5-6-8(2)3/h4,8-10H,1,5-7H2,2-3H3. The van der Waals surface area contributed by atoms with Crippen molar-refractivity contribution in [3.05, 3.63) is 12.7 Å². The van der Waals surface area contributed by atoms with Gasteiger partial charge in [-0.2, -0.15) is 0 Å². The molecule has 1 unspecified atom stereocenters. The van der Waals surface area contributed by atoms with Gasteiger partial charge in [-0.05, 0) is 12.3 Å². The lowest BCUT2D eigenvalue weighted by atomic mass is 10.0. The quantitative estimate of drug-likeness (QED) is 0.584. The number of rotatable bonds is 5. The highest BCUT2D eigenvalue weighted by atomic mass is 16.3. The first-order chi connectivity index (χ1) is 4.66. The van der Waals surface area contributed by atoms with Gasteiger partial charge in [-0.3, -0.25) is 0 Å². The van der Waals surface area contributed by atoms with Crippen LogP contribution in [0.3, 0.4) is 0 Å². The molecule has 0 radical (unpaired) electrons. The van der Waals surface area contributed by atoms with E-state index < -0.39 is 0 Å². The van der Waals surface area contributed by atoms with Crippen LogP contribution in [0.4, 0.5) is 0 Å². The van der Waals surface area contributed by atoms with E-state index >= 15 is 0 Å². The zero-order chi connectivity index (χ0) is 7.98. The molecule has 0 aliphatic rings. The van der Waals surface area contributed by atoms with Gasteiger partial charge in [0.1, 0.15) is 0 Å². The van der Waals surface area contributed by atoms with Crippen molar-refractivity contribution in [2.75, 3.05) is 0 Å². The highest BCUT2D eigenvalue weighted by Crippen LogP contribution is 2.08. The molecule has 0 saturated carbocycles. The van der Waals surface area contributed by atoms with E-state index in [4.69, 9.17) is 5.11 Å². The Kier molecular flexibility index (Phi) is 5.32. The third-order valence-corrected chi connectivity index (χ3v) is 1.55. The van der Waals surface area contributed by atoms with Gasteiger partial charge in [0.15, 0.2) is 0 Å². The van der Waals surface area contributed by atoms with Crippen molar-refractivity contribution in [3.63, 3.8) is 0 Å². The average Bonchev–Trinajstić information content (AvgIpc) is 1.87. The second kappa shape index (κ2) is 5.48. The van der Waals surface area contributed by atoms with Gasteiger partial charge in [0, 0.05) is 0 Å². The molecule has 0 aromatic heterocycles. The second-order valence-corrected chi connectivity index (χ2v) is 3.13. The first-order valence-corrected chi connectivity index (χ1v) is 3.97.